The van der Waals surface area contributed by atoms with E-state index in [2.05, 4.69) is 9.71 Å². The number of para-hydroxylation sites is 1. The Labute approximate surface area is 114 Å². The summed E-state index contributed by atoms with van der Waals surface area (Å²) in [5.74, 6) is -0.957. The summed E-state index contributed by atoms with van der Waals surface area (Å²) in [5, 5.41) is -0.0500. The van der Waals surface area contributed by atoms with E-state index >= 15 is 0 Å². The summed E-state index contributed by atoms with van der Waals surface area (Å²) in [4.78, 5) is 3.42. The number of aromatic nitrogens is 1. The van der Waals surface area contributed by atoms with Crippen LogP contribution in [0.15, 0.2) is 41.4 Å². The zero-order valence-electron chi connectivity index (χ0n) is 9.47. The average molecular weight is 302 g/mol. The second-order valence-corrected chi connectivity index (χ2v) is 5.65. The smallest absolute Gasteiger partial charge is 0.265 e. The Morgan fingerprint density at radius 1 is 1.26 bits per heavy atom. The summed E-state index contributed by atoms with van der Waals surface area (Å²) < 4.78 is 39.7. The minimum Gasteiger partial charge on any atom is -0.383 e. The Kier molecular flexibility index (Phi) is 3.59. The summed E-state index contributed by atoms with van der Waals surface area (Å²) in [7, 11) is -4.05. The van der Waals surface area contributed by atoms with Crippen molar-refractivity contribution in [3.05, 3.63) is 47.4 Å². The number of benzene rings is 1. The lowest BCUT2D eigenvalue weighted by molar-refractivity contribution is 0.598. The van der Waals surface area contributed by atoms with Crippen LogP contribution in [0.5, 0.6) is 0 Å². The minimum atomic E-state index is -4.05. The number of nitrogens with zero attached hydrogens (tertiary/aromatic N) is 1. The highest BCUT2D eigenvalue weighted by Gasteiger charge is 2.21. The molecule has 0 unspecified atom stereocenters. The SMILES string of the molecule is Nc1ncccc1S(=O)(=O)Nc1c(F)cccc1Cl. The van der Waals surface area contributed by atoms with Gasteiger partial charge in [-0.3, -0.25) is 4.72 Å². The fourth-order valence-electron chi connectivity index (χ4n) is 1.41. The zero-order valence-corrected chi connectivity index (χ0v) is 11.0. The number of hydrogen-bond donors (Lipinski definition) is 2. The fraction of sp³-hybridized carbons (Fsp3) is 0. The molecular formula is C11H9ClFN3O2S. The molecule has 0 radical (unpaired) electrons. The van der Waals surface area contributed by atoms with E-state index in [1.807, 2.05) is 0 Å². The van der Waals surface area contributed by atoms with E-state index in [1.165, 1.54) is 30.5 Å². The van der Waals surface area contributed by atoms with Crippen LogP contribution in [-0.2, 0) is 10.0 Å². The highest BCUT2D eigenvalue weighted by atomic mass is 35.5. The predicted octanol–water partition coefficient (Wildman–Crippen LogP) is 2.26. The Morgan fingerprint density at radius 3 is 2.63 bits per heavy atom. The third-order valence-electron chi connectivity index (χ3n) is 2.29. The van der Waals surface area contributed by atoms with Crippen molar-refractivity contribution in [2.75, 3.05) is 10.5 Å². The van der Waals surface area contributed by atoms with Crippen LogP contribution < -0.4 is 10.5 Å². The molecule has 0 aliphatic heterocycles. The van der Waals surface area contributed by atoms with E-state index in [-0.39, 0.29) is 21.4 Å². The molecule has 2 aromatic rings. The van der Waals surface area contributed by atoms with Crippen LogP contribution in [0.3, 0.4) is 0 Å². The lowest BCUT2D eigenvalue weighted by Gasteiger charge is -2.11. The zero-order chi connectivity index (χ0) is 14.0. The van der Waals surface area contributed by atoms with Crippen LogP contribution in [-0.4, -0.2) is 13.4 Å². The van der Waals surface area contributed by atoms with Crippen molar-refractivity contribution in [3.63, 3.8) is 0 Å². The standard InChI is InChI=1S/C11H9ClFN3O2S/c12-7-3-1-4-8(13)10(7)16-19(17,18)9-5-2-6-15-11(9)14/h1-6,16H,(H2,14,15). The maximum Gasteiger partial charge on any atom is 0.265 e. The van der Waals surface area contributed by atoms with Gasteiger partial charge in [0.25, 0.3) is 10.0 Å². The van der Waals surface area contributed by atoms with Gasteiger partial charge in [0, 0.05) is 6.20 Å². The number of halogens is 2. The number of nitrogens with one attached hydrogen (secondary N) is 1. The highest BCUT2D eigenvalue weighted by Crippen LogP contribution is 2.28. The summed E-state index contributed by atoms with van der Waals surface area (Å²) in [6.07, 6.45) is 1.35. The van der Waals surface area contributed by atoms with Gasteiger partial charge in [-0.15, -0.1) is 0 Å². The van der Waals surface area contributed by atoms with Crippen LogP contribution in [0, 0.1) is 5.82 Å². The largest absolute Gasteiger partial charge is 0.383 e. The molecule has 0 atom stereocenters. The first-order valence-electron chi connectivity index (χ1n) is 5.09. The number of hydrogen-bond acceptors (Lipinski definition) is 4. The van der Waals surface area contributed by atoms with E-state index in [0.717, 1.165) is 6.07 Å². The van der Waals surface area contributed by atoms with Crippen LogP contribution >= 0.6 is 11.6 Å². The quantitative estimate of drug-likeness (QED) is 0.910. The van der Waals surface area contributed by atoms with Crippen molar-refractivity contribution < 1.29 is 12.8 Å². The van der Waals surface area contributed by atoms with Gasteiger partial charge in [-0.2, -0.15) is 0 Å². The Morgan fingerprint density at radius 2 is 2.00 bits per heavy atom. The highest BCUT2D eigenvalue weighted by molar-refractivity contribution is 7.92. The molecule has 0 fully saturated rings. The summed E-state index contributed by atoms with van der Waals surface area (Å²) in [6, 6.07) is 6.51. The first-order chi connectivity index (χ1) is 8.92. The molecule has 0 amide bonds. The molecule has 0 saturated carbocycles. The normalized spacial score (nSPS) is 11.3. The minimum absolute atomic E-state index is 0.0500. The number of nitrogen functional groups attached to an aromatic ring is 1. The number of sulfonamides is 1. The number of anilines is 2. The van der Waals surface area contributed by atoms with Crippen molar-refractivity contribution in [2.45, 2.75) is 4.90 Å². The van der Waals surface area contributed by atoms with Gasteiger partial charge in [-0.25, -0.2) is 17.8 Å². The van der Waals surface area contributed by atoms with Crippen molar-refractivity contribution >= 4 is 33.1 Å². The fourth-order valence-corrected chi connectivity index (χ4v) is 2.85. The maximum atomic E-state index is 13.5. The summed E-state index contributed by atoms with van der Waals surface area (Å²) >= 11 is 5.75. The van der Waals surface area contributed by atoms with Crippen LogP contribution in [0.2, 0.25) is 5.02 Å². The van der Waals surface area contributed by atoms with Crippen molar-refractivity contribution in [3.8, 4) is 0 Å². The van der Waals surface area contributed by atoms with E-state index in [0.29, 0.717) is 0 Å². The molecule has 0 saturated heterocycles. The average Bonchev–Trinajstić information content (AvgIpc) is 2.34. The van der Waals surface area contributed by atoms with Crippen molar-refractivity contribution in [1.82, 2.24) is 4.98 Å². The van der Waals surface area contributed by atoms with Crippen LogP contribution in [0.25, 0.3) is 0 Å². The van der Waals surface area contributed by atoms with Gasteiger partial charge in [0.05, 0.1) is 5.02 Å². The molecule has 8 heteroatoms. The monoisotopic (exact) mass is 301 g/mol. The van der Waals surface area contributed by atoms with E-state index in [9.17, 15) is 12.8 Å². The molecule has 3 N–H and O–H groups in total. The first kappa shape index (κ1) is 13.6. The topological polar surface area (TPSA) is 85.1 Å². The summed E-state index contributed by atoms with van der Waals surface area (Å²) in [5.41, 5.74) is 5.15. The lowest BCUT2D eigenvalue weighted by atomic mass is 10.3. The van der Waals surface area contributed by atoms with Gasteiger partial charge in [-0.05, 0) is 24.3 Å². The lowest BCUT2D eigenvalue weighted by Crippen LogP contribution is -2.16. The molecule has 5 nitrogen and oxygen atoms in total. The molecule has 1 heterocycles. The van der Waals surface area contributed by atoms with E-state index < -0.39 is 15.8 Å². The third kappa shape index (κ3) is 2.77. The Balaban J connectivity index is 2.46. The van der Waals surface area contributed by atoms with Crippen LogP contribution in [0.4, 0.5) is 15.9 Å². The second-order valence-electron chi connectivity index (χ2n) is 3.59. The molecule has 0 spiro atoms. The molecule has 0 aliphatic rings. The third-order valence-corrected chi connectivity index (χ3v) is 4.00. The van der Waals surface area contributed by atoms with Gasteiger partial charge < -0.3 is 5.73 Å². The van der Waals surface area contributed by atoms with E-state index in [1.54, 1.807) is 0 Å². The van der Waals surface area contributed by atoms with E-state index in [4.69, 9.17) is 17.3 Å². The molecule has 1 aromatic heterocycles. The Bertz CT molecular complexity index is 701. The number of pyridine rings is 1. The summed E-state index contributed by atoms with van der Waals surface area (Å²) in [6.45, 7) is 0. The molecule has 2 rings (SSSR count). The first-order valence-corrected chi connectivity index (χ1v) is 6.95. The van der Waals surface area contributed by atoms with Crippen molar-refractivity contribution in [1.29, 1.82) is 0 Å². The van der Waals surface area contributed by atoms with Gasteiger partial charge in [-0.1, -0.05) is 17.7 Å². The van der Waals surface area contributed by atoms with Gasteiger partial charge in [0.1, 0.15) is 22.2 Å². The number of nitrogens with two attached hydrogens (primary N) is 1. The van der Waals surface area contributed by atoms with Gasteiger partial charge in [0.15, 0.2) is 0 Å². The Hall–Kier alpha value is -1.86. The molecule has 100 valence electrons. The molecule has 1 aromatic carbocycles. The molecular weight excluding hydrogens is 293 g/mol. The second kappa shape index (κ2) is 5.02. The van der Waals surface area contributed by atoms with Crippen LogP contribution in [0.1, 0.15) is 0 Å². The predicted molar refractivity (Wildman–Crippen MR) is 70.9 cm³/mol. The molecule has 19 heavy (non-hydrogen) atoms. The number of rotatable bonds is 3. The van der Waals surface area contributed by atoms with Gasteiger partial charge >= 0.3 is 0 Å². The molecule has 0 aliphatic carbocycles. The van der Waals surface area contributed by atoms with Gasteiger partial charge in [0.2, 0.25) is 0 Å². The van der Waals surface area contributed by atoms with Crippen molar-refractivity contribution in [2.24, 2.45) is 0 Å². The molecule has 0 bridgehead atoms. The maximum absolute atomic E-state index is 13.5.